The summed E-state index contributed by atoms with van der Waals surface area (Å²) in [6.07, 6.45) is 2.28. The summed E-state index contributed by atoms with van der Waals surface area (Å²) in [5.41, 5.74) is -3.21. The Bertz CT molecular complexity index is 2040. The van der Waals surface area contributed by atoms with Crippen LogP contribution in [0.25, 0.3) is 22.3 Å². The molecule has 4 unspecified atom stereocenters. The third-order valence-electron chi connectivity index (χ3n) is 11.9. The molecule has 2 bridgehead atoms. The first-order valence-electron chi connectivity index (χ1n) is 18.5. The number of ether oxygens (including phenoxy) is 1. The van der Waals surface area contributed by atoms with Gasteiger partial charge in [-0.25, -0.2) is 28.5 Å². The second-order valence-corrected chi connectivity index (χ2v) is 16.5. The zero-order valence-corrected chi connectivity index (χ0v) is 30.4. The monoisotopic (exact) mass is 772 g/mol. The minimum Gasteiger partial charge on any atom is -0.490 e. The molecule has 2 N–H and O–H groups in total. The summed E-state index contributed by atoms with van der Waals surface area (Å²) in [6, 6.07) is 4.88. The second kappa shape index (κ2) is 13.7. The maximum Gasteiger partial charge on any atom is 0.434 e. The standard InChI is InChI=1S/C38H41F5N6O4S/c1-21-14-22-16-23(15-21)37(18-22,34(51)52)47-33(50)28-19-45-32(46-31(28)38(41,42)43)29-20-49(24-4-8-36(39,40)9-5-24)30-17-26(2-3-27(29)30)53-25-6-11-48(12-7-25)35-44-10-13-54-35/h2-3,10,13,17,19-25H,4-9,11-12,14-16,18H2,1H3,(H,47,50)(H,51,52). The van der Waals surface area contributed by atoms with Crippen LogP contribution in [-0.2, 0) is 11.0 Å². The number of piperidine rings is 1. The number of thiazole rings is 1. The molecule has 4 aliphatic rings. The van der Waals surface area contributed by atoms with E-state index in [1.165, 1.54) is 0 Å². The van der Waals surface area contributed by atoms with Crippen molar-refractivity contribution in [2.75, 3.05) is 18.0 Å². The van der Waals surface area contributed by atoms with Gasteiger partial charge in [0.15, 0.2) is 16.6 Å². The van der Waals surface area contributed by atoms with Gasteiger partial charge >= 0.3 is 12.1 Å². The van der Waals surface area contributed by atoms with Gasteiger partial charge in [0.2, 0.25) is 5.92 Å². The zero-order chi connectivity index (χ0) is 38.0. The Hall–Kier alpha value is -4.34. The summed E-state index contributed by atoms with van der Waals surface area (Å²) < 4.78 is 80.8. The van der Waals surface area contributed by atoms with Crippen molar-refractivity contribution in [1.82, 2.24) is 24.8 Å². The molecule has 0 radical (unpaired) electrons. The molecule has 4 heterocycles. The van der Waals surface area contributed by atoms with Gasteiger partial charge in [-0.15, -0.1) is 11.3 Å². The van der Waals surface area contributed by atoms with E-state index in [1.807, 2.05) is 16.9 Å². The van der Waals surface area contributed by atoms with Gasteiger partial charge < -0.3 is 24.6 Å². The molecule has 3 saturated carbocycles. The molecule has 3 aliphatic carbocycles. The van der Waals surface area contributed by atoms with Crippen LogP contribution in [0.15, 0.2) is 42.2 Å². The van der Waals surface area contributed by atoms with Crippen molar-refractivity contribution in [1.29, 1.82) is 0 Å². The van der Waals surface area contributed by atoms with Gasteiger partial charge in [-0.1, -0.05) is 6.92 Å². The number of carbonyl (C=O) groups is 2. The lowest BCUT2D eigenvalue weighted by molar-refractivity contribution is -0.146. The normalized spacial score (nSPS) is 26.3. The Balaban J connectivity index is 1.11. The summed E-state index contributed by atoms with van der Waals surface area (Å²) in [5, 5.41) is 16.2. The van der Waals surface area contributed by atoms with Crippen molar-refractivity contribution in [2.45, 2.75) is 101 Å². The van der Waals surface area contributed by atoms with Crippen LogP contribution >= 0.6 is 11.3 Å². The molecule has 1 amide bonds. The van der Waals surface area contributed by atoms with Crippen LogP contribution in [0.3, 0.4) is 0 Å². The Morgan fingerprint density at radius 2 is 1.81 bits per heavy atom. The number of benzene rings is 1. The summed E-state index contributed by atoms with van der Waals surface area (Å²) in [4.78, 5) is 41.0. The van der Waals surface area contributed by atoms with Gasteiger partial charge in [0.25, 0.3) is 5.91 Å². The van der Waals surface area contributed by atoms with Gasteiger partial charge in [0, 0.05) is 85.8 Å². The average Bonchev–Trinajstić information content (AvgIpc) is 3.85. The quantitative estimate of drug-likeness (QED) is 0.171. The molecule has 4 aromatic rings. The maximum atomic E-state index is 14.7. The highest BCUT2D eigenvalue weighted by Crippen LogP contribution is 2.51. The van der Waals surface area contributed by atoms with E-state index in [-0.39, 0.29) is 67.5 Å². The van der Waals surface area contributed by atoms with Crippen LogP contribution in [0.1, 0.15) is 93.2 Å². The van der Waals surface area contributed by atoms with Crippen LogP contribution in [-0.4, -0.2) is 67.2 Å². The van der Waals surface area contributed by atoms with E-state index < -0.39 is 46.7 Å². The molecule has 8 rings (SSSR count). The lowest BCUT2D eigenvalue weighted by Gasteiger charge is -2.33. The Kier molecular flexibility index (Phi) is 9.33. The Morgan fingerprint density at radius 1 is 1.06 bits per heavy atom. The SMILES string of the molecule is CC1CC2CC(C1)C(NC(=O)c1cnc(-c3cn(C4CCC(F)(F)CC4)c4cc(OC5CCN(c6nccs6)CC5)ccc34)nc1C(F)(F)F)(C(=O)O)C2. The summed E-state index contributed by atoms with van der Waals surface area (Å²) >= 11 is 1.58. The fourth-order valence-electron chi connectivity index (χ4n) is 9.39. The molecule has 0 spiro atoms. The van der Waals surface area contributed by atoms with E-state index in [0.29, 0.717) is 29.5 Å². The molecule has 288 valence electrons. The number of anilines is 1. The number of nitrogens with zero attached hydrogens (tertiary/aromatic N) is 5. The zero-order valence-electron chi connectivity index (χ0n) is 29.6. The largest absolute Gasteiger partial charge is 0.490 e. The molecule has 4 fully saturated rings. The van der Waals surface area contributed by atoms with Crippen LogP contribution in [0.2, 0.25) is 0 Å². The molecule has 16 heteroatoms. The van der Waals surface area contributed by atoms with Gasteiger partial charge in [0.05, 0.1) is 11.1 Å². The molecule has 1 aromatic carbocycles. The number of halogens is 5. The molecule has 3 aromatic heterocycles. The van der Waals surface area contributed by atoms with E-state index >= 15 is 0 Å². The topological polar surface area (TPSA) is 122 Å². The van der Waals surface area contributed by atoms with Crippen molar-refractivity contribution in [2.24, 2.45) is 17.8 Å². The number of carbonyl (C=O) groups excluding carboxylic acids is 1. The minimum atomic E-state index is -5.08. The number of carboxylic acids is 1. The van der Waals surface area contributed by atoms with Gasteiger partial charge in [-0.2, -0.15) is 13.2 Å². The van der Waals surface area contributed by atoms with Crippen LogP contribution < -0.4 is 15.0 Å². The van der Waals surface area contributed by atoms with Crippen molar-refractivity contribution < 1.29 is 41.4 Å². The summed E-state index contributed by atoms with van der Waals surface area (Å²) in [6.45, 7) is 3.54. The molecular weight excluding hydrogens is 732 g/mol. The van der Waals surface area contributed by atoms with Crippen molar-refractivity contribution in [3.05, 3.63) is 53.4 Å². The van der Waals surface area contributed by atoms with Crippen LogP contribution in [0, 0.1) is 17.8 Å². The predicted octanol–water partition coefficient (Wildman–Crippen LogP) is 8.38. The highest BCUT2D eigenvalue weighted by molar-refractivity contribution is 7.13. The molecule has 1 aliphatic heterocycles. The average molecular weight is 773 g/mol. The lowest BCUT2D eigenvalue weighted by Crippen LogP contribution is -2.57. The molecular formula is C38H41F5N6O4S. The van der Waals surface area contributed by atoms with E-state index in [2.05, 4.69) is 25.2 Å². The van der Waals surface area contributed by atoms with Crippen molar-refractivity contribution in [3.63, 3.8) is 0 Å². The fraction of sp³-hybridized carbons (Fsp3) is 0.553. The molecule has 10 nitrogen and oxygen atoms in total. The van der Waals surface area contributed by atoms with E-state index in [9.17, 15) is 36.6 Å². The fourth-order valence-corrected chi connectivity index (χ4v) is 10.1. The number of aliphatic carboxylic acids is 1. The number of carboxylic acid groups (broad SMARTS) is 1. The lowest BCUT2D eigenvalue weighted by atomic mass is 9.78. The van der Waals surface area contributed by atoms with Crippen LogP contribution in [0.4, 0.5) is 27.1 Å². The highest BCUT2D eigenvalue weighted by Gasteiger charge is 2.56. The van der Waals surface area contributed by atoms with Gasteiger partial charge in [0.1, 0.15) is 17.4 Å². The van der Waals surface area contributed by atoms with Crippen molar-refractivity contribution in [3.8, 4) is 17.1 Å². The van der Waals surface area contributed by atoms with Crippen LogP contribution in [0.5, 0.6) is 5.75 Å². The number of hydrogen-bond donors (Lipinski definition) is 2. The first kappa shape index (κ1) is 36.6. The Morgan fingerprint density at radius 3 is 2.50 bits per heavy atom. The molecule has 4 atom stereocenters. The Labute approximate surface area is 312 Å². The molecule has 1 saturated heterocycles. The number of rotatable bonds is 8. The number of alkyl halides is 5. The molecule has 54 heavy (non-hydrogen) atoms. The van der Waals surface area contributed by atoms with Gasteiger partial charge in [-0.05, 0) is 68.4 Å². The van der Waals surface area contributed by atoms with E-state index in [4.69, 9.17) is 4.74 Å². The summed E-state index contributed by atoms with van der Waals surface area (Å²) in [5.74, 6) is -5.12. The number of nitrogens with one attached hydrogen (secondary N) is 1. The maximum absolute atomic E-state index is 14.7. The summed E-state index contributed by atoms with van der Waals surface area (Å²) in [7, 11) is 0. The second-order valence-electron chi connectivity index (χ2n) is 15.6. The number of aromatic nitrogens is 4. The third kappa shape index (κ3) is 6.90. The van der Waals surface area contributed by atoms with E-state index in [0.717, 1.165) is 43.7 Å². The first-order valence-corrected chi connectivity index (χ1v) is 19.4. The number of amides is 1. The third-order valence-corrected chi connectivity index (χ3v) is 12.8. The highest BCUT2D eigenvalue weighted by atomic mass is 32.1. The minimum absolute atomic E-state index is 0.0523. The predicted molar refractivity (Wildman–Crippen MR) is 191 cm³/mol. The van der Waals surface area contributed by atoms with Gasteiger partial charge in [-0.3, -0.25) is 4.79 Å². The number of fused-ring (bicyclic) bond motifs is 3. The smallest absolute Gasteiger partial charge is 0.434 e. The van der Waals surface area contributed by atoms with Crippen molar-refractivity contribution >= 4 is 39.2 Å². The van der Waals surface area contributed by atoms with E-state index in [1.54, 1.807) is 41.9 Å². The first-order chi connectivity index (χ1) is 25.7. The number of hydrogen-bond acceptors (Lipinski definition) is 8.